The number of halogens is 1. The predicted octanol–water partition coefficient (Wildman–Crippen LogP) is 2.74. The van der Waals surface area contributed by atoms with Crippen molar-refractivity contribution in [1.29, 1.82) is 0 Å². The van der Waals surface area contributed by atoms with Crippen LogP contribution < -0.4 is 5.32 Å². The molecule has 72 valence electrons. The minimum atomic E-state index is 0.692. The first kappa shape index (κ1) is 10.3. The highest BCUT2D eigenvalue weighted by molar-refractivity contribution is 6.17. The van der Waals surface area contributed by atoms with Crippen molar-refractivity contribution in [2.24, 2.45) is 0 Å². The summed E-state index contributed by atoms with van der Waals surface area (Å²) in [4.78, 5) is 4.30. The lowest BCUT2D eigenvalue weighted by atomic mass is 10.2. The van der Waals surface area contributed by atoms with E-state index in [0.29, 0.717) is 5.88 Å². The third-order valence-corrected chi connectivity index (χ3v) is 2.09. The number of nitrogens with zero attached hydrogens (tertiary/aromatic N) is 1. The van der Waals surface area contributed by atoms with E-state index in [2.05, 4.69) is 23.3 Å². The van der Waals surface area contributed by atoms with Crippen LogP contribution >= 0.6 is 11.6 Å². The maximum Gasteiger partial charge on any atom is 0.128 e. The zero-order valence-electron chi connectivity index (χ0n) is 8.10. The van der Waals surface area contributed by atoms with E-state index in [4.69, 9.17) is 11.6 Å². The first-order valence-electron chi connectivity index (χ1n) is 4.47. The molecular formula is C10H15ClN2. The minimum Gasteiger partial charge on any atom is -0.370 e. The Morgan fingerprint density at radius 1 is 1.46 bits per heavy atom. The quantitative estimate of drug-likeness (QED) is 0.595. The van der Waals surface area contributed by atoms with Crippen LogP contribution in [0.5, 0.6) is 0 Å². The van der Waals surface area contributed by atoms with Crippen molar-refractivity contribution in [2.75, 3.05) is 17.7 Å². The van der Waals surface area contributed by atoms with Crippen LogP contribution in [0.15, 0.2) is 12.3 Å². The van der Waals surface area contributed by atoms with E-state index in [9.17, 15) is 0 Å². The van der Waals surface area contributed by atoms with Gasteiger partial charge in [0.05, 0.1) is 0 Å². The van der Waals surface area contributed by atoms with Gasteiger partial charge >= 0.3 is 0 Å². The topological polar surface area (TPSA) is 24.9 Å². The molecule has 0 amide bonds. The third kappa shape index (κ3) is 3.23. The van der Waals surface area contributed by atoms with Crippen LogP contribution in [-0.4, -0.2) is 17.4 Å². The molecule has 0 aromatic carbocycles. The molecule has 0 aliphatic rings. The van der Waals surface area contributed by atoms with Crippen molar-refractivity contribution >= 4 is 17.4 Å². The van der Waals surface area contributed by atoms with Crippen LogP contribution in [-0.2, 0) is 0 Å². The summed E-state index contributed by atoms with van der Waals surface area (Å²) < 4.78 is 0. The fraction of sp³-hybridized carbons (Fsp3) is 0.500. The summed E-state index contributed by atoms with van der Waals surface area (Å²) in [7, 11) is 0. The monoisotopic (exact) mass is 198 g/mol. The van der Waals surface area contributed by atoms with Gasteiger partial charge in [-0.25, -0.2) is 4.98 Å². The summed E-state index contributed by atoms with van der Waals surface area (Å²) in [6.45, 7) is 4.99. The zero-order valence-corrected chi connectivity index (χ0v) is 8.86. The highest BCUT2D eigenvalue weighted by Crippen LogP contribution is 2.11. The van der Waals surface area contributed by atoms with Crippen molar-refractivity contribution < 1.29 is 0 Å². The van der Waals surface area contributed by atoms with E-state index >= 15 is 0 Å². The Bertz CT molecular complexity index is 274. The van der Waals surface area contributed by atoms with Gasteiger partial charge in [-0.1, -0.05) is 6.07 Å². The Morgan fingerprint density at radius 2 is 2.23 bits per heavy atom. The van der Waals surface area contributed by atoms with E-state index in [1.165, 1.54) is 11.1 Å². The summed E-state index contributed by atoms with van der Waals surface area (Å²) >= 11 is 5.57. The van der Waals surface area contributed by atoms with Crippen LogP contribution in [0.1, 0.15) is 17.5 Å². The second-order valence-corrected chi connectivity index (χ2v) is 3.53. The molecule has 1 N–H and O–H groups in total. The number of anilines is 1. The van der Waals surface area contributed by atoms with Crippen LogP contribution in [0.3, 0.4) is 0 Å². The van der Waals surface area contributed by atoms with E-state index in [1.54, 1.807) is 0 Å². The molecular weight excluding hydrogens is 184 g/mol. The second kappa shape index (κ2) is 5.07. The Kier molecular flexibility index (Phi) is 4.03. The Morgan fingerprint density at radius 3 is 2.85 bits per heavy atom. The number of pyridine rings is 1. The highest BCUT2D eigenvalue weighted by Gasteiger charge is 1.97. The molecule has 0 fully saturated rings. The molecule has 0 unspecified atom stereocenters. The molecule has 13 heavy (non-hydrogen) atoms. The van der Waals surface area contributed by atoms with Gasteiger partial charge in [-0.3, -0.25) is 0 Å². The lowest BCUT2D eigenvalue weighted by molar-refractivity contribution is 0.971. The van der Waals surface area contributed by atoms with Gasteiger partial charge in [0.2, 0.25) is 0 Å². The van der Waals surface area contributed by atoms with Crippen LogP contribution in [0.25, 0.3) is 0 Å². The average molecular weight is 199 g/mol. The molecule has 1 heterocycles. The molecule has 0 bridgehead atoms. The number of aromatic nitrogens is 1. The second-order valence-electron chi connectivity index (χ2n) is 3.15. The van der Waals surface area contributed by atoms with Gasteiger partial charge in [-0.15, -0.1) is 11.6 Å². The molecule has 0 aliphatic carbocycles. The number of alkyl halides is 1. The predicted molar refractivity (Wildman–Crippen MR) is 57.5 cm³/mol. The van der Waals surface area contributed by atoms with Gasteiger partial charge in [-0.2, -0.15) is 0 Å². The maximum absolute atomic E-state index is 5.57. The van der Waals surface area contributed by atoms with Crippen molar-refractivity contribution in [1.82, 2.24) is 4.98 Å². The summed E-state index contributed by atoms with van der Waals surface area (Å²) in [6, 6.07) is 2.12. The van der Waals surface area contributed by atoms with E-state index in [0.717, 1.165) is 18.8 Å². The summed E-state index contributed by atoms with van der Waals surface area (Å²) in [6.07, 6.45) is 2.84. The molecule has 0 saturated carbocycles. The lowest BCUT2D eigenvalue weighted by Gasteiger charge is -2.07. The van der Waals surface area contributed by atoms with Crippen molar-refractivity contribution in [3.05, 3.63) is 23.4 Å². The van der Waals surface area contributed by atoms with Crippen LogP contribution in [0, 0.1) is 13.8 Å². The fourth-order valence-electron chi connectivity index (χ4n) is 1.17. The van der Waals surface area contributed by atoms with Gasteiger partial charge in [0.25, 0.3) is 0 Å². The standard InChI is InChI=1S/C10H15ClN2/c1-8-6-9(2)10(13-7-8)12-5-3-4-11/h6-7H,3-5H2,1-2H3,(H,12,13). The highest BCUT2D eigenvalue weighted by atomic mass is 35.5. The number of nitrogens with one attached hydrogen (secondary N) is 1. The summed E-state index contributed by atoms with van der Waals surface area (Å²) in [5.74, 6) is 1.66. The smallest absolute Gasteiger partial charge is 0.128 e. The molecule has 1 aromatic rings. The fourth-order valence-corrected chi connectivity index (χ4v) is 1.31. The molecule has 0 atom stereocenters. The number of hydrogen-bond acceptors (Lipinski definition) is 2. The average Bonchev–Trinajstić information content (AvgIpc) is 2.09. The van der Waals surface area contributed by atoms with Crippen LogP contribution in [0.2, 0.25) is 0 Å². The van der Waals surface area contributed by atoms with E-state index in [1.807, 2.05) is 13.1 Å². The minimum absolute atomic E-state index is 0.692. The zero-order chi connectivity index (χ0) is 9.68. The SMILES string of the molecule is Cc1cnc(NCCCCl)c(C)c1. The van der Waals surface area contributed by atoms with Gasteiger partial charge in [0.1, 0.15) is 5.82 Å². The van der Waals surface area contributed by atoms with Gasteiger partial charge in [0, 0.05) is 18.6 Å². The van der Waals surface area contributed by atoms with Gasteiger partial charge in [-0.05, 0) is 31.4 Å². The molecule has 0 saturated heterocycles. The number of hydrogen-bond donors (Lipinski definition) is 1. The molecule has 0 radical (unpaired) electrons. The number of aryl methyl sites for hydroxylation is 2. The molecule has 3 heteroatoms. The van der Waals surface area contributed by atoms with Crippen LogP contribution in [0.4, 0.5) is 5.82 Å². The Hall–Kier alpha value is -0.760. The normalized spacial score (nSPS) is 10.1. The van der Waals surface area contributed by atoms with E-state index < -0.39 is 0 Å². The van der Waals surface area contributed by atoms with Gasteiger partial charge < -0.3 is 5.32 Å². The molecule has 2 nitrogen and oxygen atoms in total. The molecule has 1 aromatic heterocycles. The van der Waals surface area contributed by atoms with Crippen molar-refractivity contribution in [2.45, 2.75) is 20.3 Å². The van der Waals surface area contributed by atoms with Crippen molar-refractivity contribution in [3.63, 3.8) is 0 Å². The third-order valence-electron chi connectivity index (χ3n) is 1.82. The molecule has 0 spiro atoms. The Balaban J connectivity index is 2.56. The van der Waals surface area contributed by atoms with Crippen molar-refractivity contribution in [3.8, 4) is 0 Å². The Labute approximate surface area is 84.3 Å². The summed E-state index contributed by atoms with van der Waals surface area (Å²) in [5, 5.41) is 3.25. The molecule has 0 aliphatic heterocycles. The van der Waals surface area contributed by atoms with E-state index in [-0.39, 0.29) is 0 Å². The number of rotatable bonds is 4. The lowest BCUT2D eigenvalue weighted by Crippen LogP contribution is -2.05. The first-order valence-corrected chi connectivity index (χ1v) is 5.00. The summed E-state index contributed by atoms with van der Waals surface area (Å²) in [5.41, 5.74) is 2.38. The van der Waals surface area contributed by atoms with Gasteiger partial charge in [0.15, 0.2) is 0 Å². The molecule has 1 rings (SSSR count). The maximum atomic E-state index is 5.57. The first-order chi connectivity index (χ1) is 6.24. The largest absolute Gasteiger partial charge is 0.370 e.